The van der Waals surface area contributed by atoms with Crippen molar-refractivity contribution in [3.05, 3.63) is 29.8 Å². The molecule has 0 radical (unpaired) electrons. The largest absolute Gasteiger partial charge is 0.478 e. The van der Waals surface area contributed by atoms with Gasteiger partial charge >= 0.3 is 5.97 Å². The third-order valence-electron chi connectivity index (χ3n) is 1.90. The fraction of sp³-hybridized carbons (Fsp3) is 0.300. The Kier molecular flexibility index (Phi) is 3.89. The maximum absolute atomic E-state index is 11.5. The van der Waals surface area contributed by atoms with Crippen molar-refractivity contribution >= 4 is 21.7 Å². The molecular weight excluding hydrogens is 230 g/mol. The normalized spacial score (nSPS) is 11.1. The molecule has 6 heteroatoms. The second-order valence-electron chi connectivity index (χ2n) is 3.27. The number of benzene rings is 1. The first-order chi connectivity index (χ1) is 7.46. The fourth-order valence-electron chi connectivity index (χ4n) is 1.25. The average molecular weight is 243 g/mol. The van der Waals surface area contributed by atoms with Crippen LogP contribution < -0.4 is 4.72 Å². The topological polar surface area (TPSA) is 83.5 Å². The first-order valence-electron chi connectivity index (χ1n) is 4.79. The van der Waals surface area contributed by atoms with Gasteiger partial charge in [-0.15, -0.1) is 0 Å². The lowest BCUT2D eigenvalue weighted by atomic mass is 10.2. The van der Waals surface area contributed by atoms with E-state index in [-0.39, 0.29) is 17.0 Å². The molecule has 88 valence electrons. The van der Waals surface area contributed by atoms with Crippen molar-refractivity contribution in [1.29, 1.82) is 0 Å². The van der Waals surface area contributed by atoms with Crippen molar-refractivity contribution in [3.8, 4) is 0 Å². The van der Waals surface area contributed by atoms with E-state index in [4.69, 9.17) is 5.11 Å². The van der Waals surface area contributed by atoms with E-state index in [2.05, 4.69) is 4.72 Å². The van der Waals surface area contributed by atoms with Gasteiger partial charge in [-0.05, 0) is 18.6 Å². The second kappa shape index (κ2) is 4.98. The smallest absolute Gasteiger partial charge is 0.337 e. The summed E-state index contributed by atoms with van der Waals surface area (Å²) in [6, 6.07) is 5.90. The molecule has 0 aliphatic carbocycles. The third-order valence-corrected chi connectivity index (χ3v) is 3.37. The zero-order chi connectivity index (χ0) is 12.2. The van der Waals surface area contributed by atoms with Gasteiger partial charge in [-0.1, -0.05) is 19.1 Å². The molecule has 0 atom stereocenters. The molecule has 0 aliphatic heterocycles. The number of para-hydroxylation sites is 1. The number of carbonyl (C=O) groups is 1. The maximum atomic E-state index is 11.5. The summed E-state index contributed by atoms with van der Waals surface area (Å²) >= 11 is 0. The number of rotatable bonds is 5. The molecule has 16 heavy (non-hydrogen) atoms. The van der Waals surface area contributed by atoms with Crippen LogP contribution in [0, 0.1) is 0 Å². The maximum Gasteiger partial charge on any atom is 0.337 e. The van der Waals surface area contributed by atoms with Gasteiger partial charge in [0, 0.05) is 0 Å². The van der Waals surface area contributed by atoms with E-state index in [0.29, 0.717) is 6.42 Å². The number of hydrogen-bond donors (Lipinski definition) is 2. The highest BCUT2D eigenvalue weighted by atomic mass is 32.2. The van der Waals surface area contributed by atoms with E-state index in [0.717, 1.165) is 0 Å². The Morgan fingerprint density at radius 1 is 1.38 bits per heavy atom. The number of nitrogens with one attached hydrogen (secondary N) is 1. The van der Waals surface area contributed by atoms with Gasteiger partial charge in [0.25, 0.3) is 0 Å². The van der Waals surface area contributed by atoms with Gasteiger partial charge in [0.15, 0.2) is 0 Å². The predicted octanol–water partition coefficient (Wildman–Crippen LogP) is 1.54. The lowest BCUT2D eigenvalue weighted by Gasteiger charge is -2.09. The summed E-state index contributed by atoms with van der Waals surface area (Å²) in [6.45, 7) is 1.74. The van der Waals surface area contributed by atoms with Crippen LogP contribution in [0.5, 0.6) is 0 Å². The van der Waals surface area contributed by atoms with E-state index in [9.17, 15) is 13.2 Å². The molecule has 0 fully saturated rings. The molecule has 1 aromatic carbocycles. The van der Waals surface area contributed by atoms with E-state index in [1.807, 2.05) is 0 Å². The Labute approximate surface area is 94.2 Å². The number of sulfonamides is 1. The minimum atomic E-state index is -3.45. The monoisotopic (exact) mass is 243 g/mol. The minimum absolute atomic E-state index is 0.0268. The van der Waals surface area contributed by atoms with Crippen molar-refractivity contribution in [2.75, 3.05) is 10.5 Å². The molecule has 0 aliphatic rings. The van der Waals surface area contributed by atoms with E-state index in [1.165, 1.54) is 12.1 Å². The molecule has 0 saturated carbocycles. The number of anilines is 1. The van der Waals surface area contributed by atoms with Crippen molar-refractivity contribution in [1.82, 2.24) is 0 Å². The Hall–Kier alpha value is -1.56. The highest BCUT2D eigenvalue weighted by Crippen LogP contribution is 2.16. The molecule has 0 bridgehead atoms. The summed E-state index contributed by atoms with van der Waals surface area (Å²) < 4.78 is 25.2. The van der Waals surface area contributed by atoms with Crippen molar-refractivity contribution in [2.24, 2.45) is 0 Å². The Balaban J connectivity index is 3.02. The third kappa shape index (κ3) is 3.23. The second-order valence-corrected chi connectivity index (χ2v) is 5.11. The summed E-state index contributed by atoms with van der Waals surface area (Å²) in [5.41, 5.74) is 0.0469. The molecule has 0 unspecified atom stereocenters. The standard InChI is InChI=1S/C10H13NO4S/c1-2-7-16(14,15)11-9-6-4-3-5-8(9)10(12)13/h3-6,11H,2,7H2,1H3,(H,12,13). The zero-order valence-electron chi connectivity index (χ0n) is 8.80. The van der Waals surface area contributed by atoms with Gasteiger partial charge in [0.05, 0.1) is 17.0 Å². The van der Waals surface area contributed by atoms with Crippen LogP contribution in [0.3, 0.4) is 0 Å². The quantitative estimate of drug-likeness (QED) is 0.821. The summed E-state index contributed by atoms with van der Waals surface area (Å²) in [5.74, 6) is -1.18. The van der Waals surface area contributed by atoms with Gasteiger partial charge < -0.3 is 5.11 Å². The number of carboxylic acid groups (broad SMARTS) is 1. The van der Waals surface area contributed by atoms with E-state index in [1.54, 1.807) is 19.1 Å². The lowest BCUT2D eigenvalue weighted by molar-refractivity contribution is 0.0698. The van der Waals surface area contributed by atoms with Gasteiger partial charge in [0.1, 0.15) is 0 Å². The molecule has 0 saturated heterocycles. The fourth-order valence-corrected chi connectivity index (χ4v) is 2.40. The molecule has 2 N–H and O–H groups in total. The SMILES string of the molecule is CCCS(=O)(=O)Nc1ccccc1C(=O)O. The predicted molar refractivity (Wildman–Crippen MR) is 61.1 cm³/mol. The first kappa shape index (κ1) is 12.5. The molecule has 1 rings (SSSR count). The van der Waals surface area contributed by atoms with Crippen LogP contribution in [-0.4, -0.2) is 25.2 Å². The molecular formula is C10H13NO4S. The summed E-state index contributed by atoms with van der Waals surface area (Å²) in [6.07, 6.45) is 0.477. The Morgan fingerprint density at radius 2 is 2.00 bits per heavy atom. The van der Waals surface area contributed by atoms with Crippen molar-refractivity contribution < 1.29 is 18.3 Å². The number of hydrogen-bond acceptors (Lipinski definition) is 3. The molecule has 1 aromatic rings. The van der Waals surface area contributed by atoms with Gasteiger partial charge in [0.2, 0.25) is 10.0 Å². The van der Waals surface area contributed by atoms with E-state index < -0.39 is 16.0 Å². The van der Waals surface area contributed by atoms with Crippen molar-refractivity contribution in [2.45, 2.75) is 13.3 Å². The van der Waals surface area contributed by atoms with Gasteiger partial charge in [-0.25, -0.2) is 13.2 Å². The highest BCUT2D eigenvalue weighted by molar-refractivity contribution is 7.92. The van der Waals surface area contributed by atoms with Crippen LogP contribution in [0.1, 0.15) is 23.7 Å². The minimum Gasteiger partial charge on any atom is -0.478 e. The van der Waals surface area contributed by atoms with Crippen LogP contribution in [0.2, 0.25) is 0 Å². The van der Waals surface area contributed by atoms with E-state index >= 15 is 0 Å². The summed E-state index contributed by atoms with van der Waals surface area (Å²) in [7, 11) is -3.45. The number of carboxylic acids is 1. The van der Waals surface area contributed by atoms with Crippen LogP contribution in [0.4, 0.5) is 5.69 Å². The molecule has 0 heterocycles. The Bertz CT molecular complexity index is 481. The van der Waals surface area contributed by atoms with Gasteiger partial charge in [-0.2, -0.15) is 0 Å². The van der Waals surface area contributed by atoms with Crippen LogP contribution >= 0.6 is 0 Å². The summed E-state index contributed by atoms with van der Waals surface area (Å²) in [4.78, 5) is 10.8. The van der Waals surface area contributed by atoms with Crippen molar-refractivity contribution in [3.63, 3.8) is 0 Å². The average Bonchev–Trinajstić information content (AvgIpc) is 2.17. The lowest BCUT2D eigenvalue weighted by Crippen LogP contribution is -2.18. The van der Waals surface area contributed by atoms with Gasteiger partial charge in [-0.3, -0.25) is 4.72 Å². The zero-order valence-corrected chi connectivity index (χ0v) is 9.62. The molecule has 0 aromatic heterocycles. The number of aromatic carboxylic acids is 1. The Morgan fingerprint density at radius 3 is 2.56 bits per heavy atom. The summed E-state index contributed by atoms with van der Waals surface area (Å²) in [5, 5.41) is 8.86. The first-order valence-corrected chi connectivity index (χ1v) is 6.44. The molecule has 0 spiro atoms. The van der Waals surface area contributed by atoms with Crippen LogP contribution in [-0.2, 0) is 10.0 Å². The molecule has 5 nitrogen and oxygen atoms in total. The highest BCUT2D eigenvalue weighted by Gasteiger charge is 2.14. The molecule has 0 amide bonds. The van der Waals surface area contributed by atoms with Crippen LogP contribution in [0.15, 0.2) is 24.3 Å². The van der Waals surface area contributed by atoms with Crippen LogP contribution in [0.25, 0.3) is 0 Å².